The second-order valence-electron chi connectivity index (χ2n) is 5.88. The summed E-state index contributed by atoms with van der Waals surface area (Å²) in [5.41, 5.74) is 4.28. The molecular weight excluding hydrogens is 236 g/mol. The lowest BCUT2D eigenvalue weighted by molar-refractivity contribution is 0.210. The van der Waals surface area contributed by atoms with Crippen LogP contribution in [0.3, 0.4) is 0 Å². The van der Waals surface area contributed by atoms with Crippen LogP contribution in [-0.4, -0.2) is 9.78 Å². The third kappa shape index (κ3) is 3.57. The fourth-order valence-electron chi connectivity index (χ4n) is 3.40. The molecule has 4 heteroatoms. The Morgan fingerprint density at radius 3 is 3.00 bits per heavy atom. The summed E-state index contributed by atoms with van der Waals surface area (Å²) >= 11 is 0. The van der Waals surface area contributed by atoms with Crippen molar-refractivity contribution in [2.24, 2.45) is 17.7 Å². The average molecular weight is 264 g/mol. The average Bonchev–Trinajstić information content (AvgIpc) is 2.89. The van der Waals surface area contributed by atoms with E-state index in [1.54, 1.807) is 0 Å². The Morgan fingerprint density at radius 1 is 1.47 bits per heavy atom. The number of rotatable bonds is 6. The maximum atomic E-state index is 5.82. The van der Waals surface area contributed by atoms with Crippen LogP contribution in [0.2, 0.25) is 0 Å². The molecule has 108 valence electrons. The maximum Gasteiger partial charge on any atom is 0.0538 e. The predicted molar refractivity (Wildman–Crippen MR) is 78.3 cm³/mol. The first-order chi connectivity index (χ1) is 9.28. The van der Waals surface area contributed by atoms with Crippen LogP contribution in [0.25, 0.3) is 0 Å². The summed E-state index contributed by atoms with van der Waals surface area (Å²) in [5, 5.41) is 4.43. The smallest absolute Gasteiger partial charge is 0.0538 e. The monoisotopic (exact) mass is 264 g/mol. The third-order valence-electron chi connectivity index (χ3n) is 4.52. The summed E-state index contributed by atoms with van der Waals surface area (Å²) in [7, 11) is 0. The molecule has 2 rings (SSSR count). The van der Waals surface area contributed by atoms with Gasteiger partial charge in [-0.05, 0) is 31.1 Å². The number of hydrazine groups is 1. The van der Waals surface area contributed by atoms with Gasteiger partial charge in [-0.15, -0.1) is 0 Å². The van der Waals surface area contributed by atoms with Crippen molar-refractivity contribution in [3.05, 3.63) is 18.0 Å². The second kappa shape index (κ2) is 7.06. The van der Waals surface area contributed by atoms with Crippen LogP contribution in [0, 0.1) is 11.8 Å². The molecule has 1 aliphatic rings. The molecule has 4 nitrogen and oxygen atoms in total. The highest BCUT2D eigenvalue weighted by Crippen LogP contribution is 2.37. The zero-order chi connectivity index (χ0) is 13.7. The van der Waals surface area contributed by atoms with Crippen LogP contribution in [0.5, 0.6) is 0 Å². The highest BCUT2D eigenvalue weighted by Gasteiger charge is 2.28. The van der Waals surface area contributed by atoms with Gasteiger partial charge in [-0.2, -0.15) is 5.10 Å². The van der Waals surface area contributed by atoms with Crippen molar-refractivity contribution >= 4 is 0 Å². The molecular formula is C15H28N4. The molecule has 0 saturated heterocycles. The molecule has 1 fully saturated rings. The molecule has 19 heavy (non-hydrogen) atoms. The summed E-state index contributed by atoms with van der Waals surface area (Å²) in [6, 6.07) is 0.264. The Bertz CT molecular complexity index is 374. The summed E-state index contributed by atoms with van der Waals surface area (Å²) in [6.07, 6.45) is 11.9. The zero-order valence-electron chi connectivity index (χ0n) is 12.3. The number of hydrogen-bond acceptors (Lipinski definition) is 3. The molecule has 0 aliphatic heterocycles. The molecule has 1 aliphatic carbocycles. The molecule has 0 aromatic carbocycles. The lowest BCUT2D eigenvalue weighted by atomic mass is 9.76. The van der Waals surface area contributed by atoms with Gasteiger partial charge in [-0.25, -0.2) is 0 Å². The number of nitrogens with zero attached hydrogens (tertiary/aromatic N) is 2. The highest BCUT2D eigenvalue weighted by molar-refractivity contribution is 5.12. The SMILES string of the molecule is CCCn1cc(C(NN)C2CCCC(CC)C2)cn1. The van der Waals surface area contributed by atoms with Crippen molar-refractivity contribution in [2.75, 3.05) is 0 Å². The number of nitrogens with one attached hydrogen (secondary N) is 1. The van der Waals surface area contributed by atoms with Gasteiger partial charge >= 0.3 is 0 Å². The predicted octanol–water partition coefficient (Wildman–Crippen LogP) is 3.01. The Balaban J connectivity index is 2.05. The second-order valence-corrected chi connectivity index (χ2v) is 5.88. The van der Waals surface area contributed by atoms with Crippen molar-refractivity contribution < 1.29 is 0 Å². The van der Waals surface area contributed by atoms with Crippen LogP contribution in [0.4, 0.5) is 0 Å². The van der Waals surface area contributed by atoms with Gasteiger partial charge in [0.05, 0.1) is 12.2 Å². The fraction of sp³-hybridized carbons (Fsp3) is 0.800. The molecule has 3 atom stereocenters. The first-order valence-electron chi connectivity index (χ1n) is 7.76. The molecule has 1 saturated carbocycles. The molecule has 0 spiro atoms. The Labute approximate surface area is 116 Å². The molecule has 1 aromatic rings. The molecule has 0 bridgehead atoms. The Kier molecular flexibility index (Phi) is 5.40. The summed E-state index contributed by atoms with van der Waals surface area (Å²) in [5.74, 6) is 7.35. The van der Waals surface area contributed by atoms with Gasteiger partial charge in [0.15, 0.2) is 0 Å². The van der Waals surface area contributed by atoms with Crippen molar-refractivity contribution in [1.29, 1.82) is 0 Å². The molecule has 1 aromatic heterocycles. The van der Waals surface area contributed by atoms with E-state index in [0.717, 1.165) is 18.9 Å². The molecule has 3 N–H and O–H groups in total. The minimum absolute atomic E-state index is 0.264. The van der Waals surface area contributed by atoms with Crippen LogP contribution in [-0.2, 0) is 6.54 Å². The fourth-order valence-corrected chi connectivity index (χ4v) is 3.40. The van der Waals surface area contributed by atoms with Crippen LogP contribution in [0.1, 0.15) is 64.0 Å². The van der Waals surface area contributed by atoms with Crippen molar-refractivity contribution in [2.45, 2.75) is 65.0 Å². The van der Waals surface area contributed by atoms with Crippen LogP contribution < -0.4 is 11.3 Å². The normalized spacial score (nSPS) is 25.4. The molecule has 3 unspecified atom stereocenters. The Morgan fingerprint density at radius 2 is 2.32 bits per heavy atom. The first kappa shape index (κ1) is 14.5. The van der Waals surface area contributed by atoms with Gasteiger partial charge in [-0.1, -0.05) is 33.1 Å². The highest BCUT2D eigenvalue weighted by atomic mass is 15.3. The minimum Gasteiger partial charge on any atom is -0.272 e. The van der Waals surface area contributed by atoms with E-state index in [4.69, 9.17) is 5.84 Å². The third-order valence-corrected chi connectivity index (χ3v) is 4.52. The van der Waals surface area contributed by atoms with E-state index in [-0.39, 0.29) is 6.04 Å². The standard InChI is InChI=1S/C15H28N4/c1-3-8-19-11-14(10-17-19)15(18-16)13-7-5-6-12(4-2)9-13/h10-13,15,18H,3-9,16H2,1-2H3. The van der Waals surface area contributed by atoms with Crippen LogP contribution in [0.15, 0.2) is 12.4 Å². The quantitative estimate of drug-likeness (QED) is 0.613. The van der Waals surface area contributed by atoms with Crippen LogP contribution >= 0.6 is 0 Å². The van der Waals surface area contributed by atoms with Gasteiger partial charge in [0, 0.05) is 18.3 Å². The summed E-state index contributed by atoms with van der Waals surface area (Å²) < 4.78 is 2.03. The van der Waals surface area contributed by atoms with Gasteiger partial charge in [0.2, 0.25) is 0 Å². The van der Waals surface area contributed by atoms with Gasteiger partial charge in [0.25, 0.3) is 0 Å². The molecule has 0 radical (unpaired) electrons. The molecule has 1 heterocycles. The van der Waals surface area contributed by atoms with Gasteiger partial charge in [-0.3, -0.25) is 16.0 Å². The lowest BCUT2D eigenvalue weighted by Crippen LogP contribution is -2.35. The van der Waals surface area contributed by atoms with E-state index in [0.29, 0.717) is 5.92 Å². The number of aryl methyl sites for hydroxylation is 1. The van der Waals surface area contributed by atoms with E-state index in [1.807, 2.05) is 10.9 Å². The zero-order valence-corrected chi connectivity index (χ0v) is 12.3. The van der Waals surface area contributed by atoms with E-state index in [2.05, 4.69) is 30.6 Å². The van der Waals surface area contributed by atoms with E-state index in [9.17, 15) is 0 Å². The molecule has 0 amide bonds. The van der Waals surface area contributed by atoms with E-state index >= 15 is 0 Å². The number of nitrogens with two attached hydrogens (primary N) is 1. The van der Waals surface area contributed by atoms with Gasteiger partial charge in [0.1, 0.15) is 0 Å². The maximum absolute atomic E-state index is 5.82. The van der Waals surface area contributed by atoms with Gasteiger partial charge < -0.3 is 0 Å². The van der Waals surface area contributed by atoms with E-state index < -0.39 is 0 Å². The topological polar surface area (TPSA) is 55.9 Å². The van der Waals surface area contributed by atoms with E-state index in [1.165, 1.54) is 37.7 Å². The lowest BCUT2D eigenvalue weighted by Gasteiger charge is -2.33. The first-order valence-corrected chi connectivity index (χ1v) is 7.76. The Hall–Kier alpha value is -0.870. The number of aromatic nitrogens is 2. The van der Waals surface area contributed by atoms with Crippen molar-refractivity contribution in [1.82, 2.24) is 15.2 Å². The number of hydrogen-bond donors (Lipinski definition) is 2. The summed E-state index contributed by atoms with van der Waals surface area (Å²) in [6.45, 7) is 5.46. The summed E-state index contributed by atoms with van der Waals surface area (Å²) in [4.78, 5) is 0. The largest absolute Gasteiger partial charge is 0.272 e. The van der Waals surface area contributed by atoms with Crippen molar-refractivity contribution in [3.8, 4) is 0 Å². The van der Waals surface area contributed by atoms with Crippen molar-refractivity contribution in [3.63, 3.8) is 0 Å². The minimum atomic E-state index is 0.264.